The minimum atomic E-state index is -5.93. The van der Waals surface area contributed by atoms with Gasteiger partial charge >= 0.3 is 12.4 Å². The Morgan fingerprint density at radius 2 is 1.53 bits per heavy atom. The van der Waals surface area contributed by atoms with Crippen LogP contribution in [0.25, 0.3) is 0 Å². The van der Waals surface area contributed by atoms with Crippen molar-refractivity contribution in [2.24, 2.45) is 0 Å². The summed E-state index contributed by atoms with van der Waals surface area (Å²) in [4.78, 5) is 12.5. The van der Waals surface area contributed by atoms with Gasteiger partial charge in [-0.25, -0.2) is 0 Å². The number of amides is 1. The highest BCUT2D eigenvalue weighted by molar-refractivity contribution is 6.31. The summed E-state index contributed by atoms with van der Waals surface area (Å²) in [5.74, 6) is -1.76. The number of carbonyl (C=O) groups is 1. The minimum Gasteiger partial charge on any atom is -0.493 e. The van der Waals surface area contributed by atoms with Crippen LogP contribution in [0.1, 0.15) is 22.8 Å². The predicted octanol–water partition coefficient (Wildman–Crippen LogP) is 5.08. The summed E-state index contributed by atoms with van der Waals surface area (Å²) in [5.41, 5.74) is -5.21. The molecule has 4 nitrogen and oxygen atoms in total. The molecular formula is C19H17ClF6N2O2. The van der Waals surface area contributed by atoms with E-state index in [4.69, 9.17) is 16.3 Å². The van der Waals surface area contributed by atoms with Gasteiger partial charge in [0.25, 0.3) is 11.6 Å². The van der Waals surface area contributed by atoms with Gasteiger partial charge in [-0.05, 0) is 30.7 Å². The van der Waals surface area contributed by atoms with Crippen LogP contribution >= 0.6 is 11.6 Å². The van der Waals surface area contributed by atoms with Gasteiger partial charge in [0.1, 0.15) is 5.75 Å². The molecule has 0 bridgehead atoms. The number of alkyl halides is 6. The molecule has 0 aliphatic rings. The number of rotatable bonds is 7. The van der Waals surface area contributed by atoms with Gasteiger partial charge in [0.2, 0.25) is 0 Å². The van der Waals surface area contributed by atoms with Crippen molar-refractivity contribution in [2.45, 2.75) is 31.5 Å². The van der Waals surface area contributed by atoms with E-state index in [1.165, 1.54) is 47.8 Å². The van der Waals surface area contributed by atoms with Crippen LogP contribution in [0, 0.1) is 0 Å². The zero-order valence-corrected chi connectivity index (χ0v) is 16.3. The van der Waals surface area contributed by atoms with Crippen molar-refractivity contribution in [1.29, 1.82) is 0 Å². The third kappa shape index (κ3) is 4.99. The highest BCUT2D eigenvalue weighted by Crippen LogP contribution is 2.42. The van der Waals surface area contributed by atoms with E-state index in [0.717, 1.165) is 11.4 Å². The topological polar surface area (TPSA) is 50.4 Å². The molecule has 2 N–H and O–H groups in total. The van der Waals surface area contributed by atoms with Crippen LogP contribution in [0.15, 0.2) is 48.5 Å². The molecule has 0 saturated carbocycles. The lowest BCUT2D eigenvalue weighted by Crippen LogP contribution is -2.75. The maximum atomic E-state index is 13.7. The van der Waals surface area contributed by atoms with Gasteiger partial charge in [0, 0.05) is 11.6 Å². The molecule has 1 amide bonds. The van der Waals surface area contributed by atoms with Crippen LogP contribution in [0.5, 0.6) is 5.75 Å². The van der Waals surface area contributed by atoms with Crippen molar-refractivity contribution in [3.05, 3.63) is 64.7 Å². The second-order valence-electron chi connectivity index (χ2n) is 6.07. The van der Waals surface area contributed by atoms with Crippen molar-refractivity contribution < 1.29 is 35.9 Å². The molecule has 164 valence electrons. The first-order valence-electron chi connectivity index (χ1n) is 8.59. The molecule has 0 atom stereocenters. The van der Waals surface area contributed by atoms with Gasteiger partial charge in [-0.3, -0.25) is 10.1 Å². The lowest BCUT2D eigenvalue weighted by atomic mass is 10.1. The van der Waals surface area contributed by atoms with Crippen molar-refractivity contribution in [2.75, 3.05) is 6.61 Å². The highest BCUT2D eigenvalue weighted by atomic mass is 35.5. The largest absolute Gasteiger partial charge is 0.493 e. The van der Waals surface area contributed by atoms with Crippen molar-refractivity contribution in [3.8, 4) is 5.75 Å². The second kappa shape index (κ2) is 9.13. The summed E-state index contributed by atoms with van der Waals surface area (Å²) in [6.45, 7) is 0.695. The van der Waals surface area contributed by atoms with Gasteiger partial charge in [-0.1, -0.05) is 41.9 Å². The summed E-state index contributed by atoms with van der Waals surface area (Å²) in [7, 11) is 0. The number of halogens is 7. The standard InChI is InChI=1S/C19H17ClF6N2O2/c1-2-30-15-10-6-4-8-13(15)16(29)28-17(18(21,22)23,19(24,25)26)27-11-12-7-3-5-9-14(12)20/h3-10,27H,2,11H2,1H3,(H,28,29). The van der Waals surface area contributed by atoms with Crippen LogP contribution in [-0.4, -0.2) is 30.5 Å². The summed E-state index contributed by atoms with van der Waals surface area (Å²) < 4.78 is 87.6. The SMILES string of the molecule is CCOc1ccccc1C(=O)NC(NCc1ccccc1Cl)(C(F)(F)F)C(F)(F)F. The minimum absolute atomic E-state index is 0.0130. The molecule has 30 heavy (non-hydrogen) atoms. The Morgan fingerprint density at radius 1 is 0.967 bits per heavy atom. The van der Waals surface area contributed by atoms with Gasteiger partial charge in [0.15, 0.2) is 0 Å². The van der Waals surface area contributed by atoms with E-state index >= 15 is 0 Å². The van der Waals surface area contributed by atoms with E-state index in [2.05, 4.69) is 0 Å². The second-order valence-corrected chi connectivity index (χ2v) is 6.48. The van der Waals surface area contributed by atoms with Crippen LogP contribution in [-0.2, 0) is 6.54 Å². The molecule has 0 aliphatic heterocycles. The zero-order chi connectivity index (χ0) is 22.6. The monoisotopic (exact) mass is 454 g/mol. The summed E-state index contributed by atoms with van der Waals surface area (Å²) in [6, 6.07) is 10.5. The number of hydrogen-bond acceptors (Lipinski definition) is 3. The van der Waals surface area contributed by atoms with Gasteiger partial charge < -0.3 is 10.1 Å². The number of benzene rings is 2. The predicted molar refractivity (Wildman–Crippen MR) is 98.2 cm³/mol. The molecule has 11 heteroatoms. The van der Waals surface area contributed by atoms with Gasteiger partial charge in [-0.15, -0.1) is 0 Å². The Labute approximate surface area is 173 Å². The van der Waals surface area contributed by atoms with Gasteiger partial charge in [0.05, 0.1) is 12.2 Å². The van der Waals surface area contributed by atoms with Crippen molar-refractivity contribution in [1.82, 2.24) is 10.6 Å². The number of ether oxygens (including phenoxy) is 1. The van der Waals surface area contributed by atoms with E-state index in [9.17, 15) is 31.1 Å². The molecule has 0 heterocycles. The Bertz CT molecular complexity index is 872. The molecule has 2 aromatic carbocycles. The van der Waals surface area contributed by atoms with Crippen LogP contribution in [0.3, 0.4) is 0 Å². The van der Waals surface area contributed by atoms with E-state index in [1.54, 1.807) is 6.92 Å². The average Bonchev–Trinajstić information content (AvgIpc) is 2.65. The van der Waals surface area contributed by atoms with Gasteiger partial charge in [-0.2, -0.15) is 26.3 Å². The normalized spacial score (nSPS) is 12.5. The third-order valence-corrected chi connectivity index (χ3v) is 4.45. The average molecular weight is 455 g/mol. The number of para-hydroxylation sites is 1. The Kier molecular flexibility index (Phi) is 7.25. The summed E-state index contributed by atoms with van der Waals surface area (Å²) in [5, 5.41) is 2.48. The molecule has 2 aromatic rings. The zero-order valence-electron chi connectivity index (χ0n) is 15.5. The maximum absolute atomic E-state index is 13.7. The maximum Gasteiger partial charge on any atom is 0.434 e. The third-order valence-electron chi connectivity index (χ3n) is 4.08. The van der Waals surface area contributed by atoms with E-state index < -0.39 is 36.0 Å². The number of carbonyl (C=O) groups excluding carboxylic acids is 1. The van der Waals surface area contributed by atoms with Crippen LogP contribution in [0.4, 0.5) is 26.3 Å². The van der Waals surface area contributed by atoms with E-state index in [0.29, 0.717) is 0 Å². The fourth-order valence-corrected chi connectivity index (χ4v) is 2.79. The molecule has 0 fully saturated rings. The highest BCUT2D eigenvalue weighted by Gasteiger charge is 2.72. The molecule has 0 spiro atoms. The number of nitrogens with one attached hydrogen (secondary N) is 2. The van der Waals surface area contributed by atoms with Crippen molar-refractivity contribution in [3.63, 3.8) is 0 Å². The molecule has 0 unspecified atom stereocenters. The lowest BCUT2D eigenvalue weighted by molar-refractivity contribution is -0.314. The van der Waals surface area contributed by atoms with E-state index in [-0.39, 0.29) is 22.9 Å². The first-order chi connectivity index (χ1) is 13.9. The quantitative estimate of drug-likeness (QED) is 0.453. The summed E-state index contributed by atoms with van der Waals surface area (Å²) >= 11 is 5.83. The van der Waals surface area contributed by atoms with E-state index in [1.807, 2.05) is 0 Å². The molecule has 0 aromatic heterocycles. The molecule has 2 rings (SSSR count). The van der Waals surface area contributed by atoms with Crippen LogP contribution < -0.4 is 15.4 Å². The number of hydrogen-bond donors (Lipinski definition) is 2. The van der Waals surface area contributed by atoms with Crippen molar-refractivity contribution >= 4 is 17.5 Å². The Hall–Kier alpha value is -2.46. The molecule has 0 saturated heterocycles. The fourth-order valence-electron chi connectivity index (χ4n) is 2.59. The fraction of sp³-hybridized carbons (Fsp3) is 0.316. The lowest BCUT2D eigenvalue weighted by Gasteiger charge is -2.38. The molecule has 0 radical (unpaired) electrons. The van der Waals surface area contributed by atoms with Crippen LogP contribution in [0.2, 0.25) is 5.02 Å². The first-order valence-corrected chi connectivity index (χ1v) is 8.97. The summed E-state index contributed by atoms with van der Waals surface area (Å²) in [6.07, 6.45) is -11.9. The first kappa shape index (κ1) is 23.8. The Balaban J connectivity index is 2.46. The Morgan fingerprint density at radius 3 is 2.10 bits per heavy atom. The molecule has 0 aliphatic carbocycles. The smallest absolute Gasteiger partial charge is 0.434 e. The molecular weight excluding hydrogens is 438 g/mol.